The van der Waals surface area contributed by atoms with E-state index in [1.54, 1.807) is 62.8 Å². The molecule has 22 aliphatic heterocycles. The van der Waals surface area contributed by atoms with Gasteiger partial charge >= 0.3 is 29.6 Å². The number of aliphatic hydroxyl groups excluding tert-OH is 1. The Hall–Kier alpha value is -3.99. The van der Waals surface area contributed by atoms with Crippen LogP contribution in [0.2, 0.25) is 36.3 Å². The fourth-order valence-corrected chi connectivity index (χ4v) is 30.0. The van der Waals surface area contributed by atoms with Crippen LogP contribution < -0.4 is 29.6 Å². The first-order chi connectivity index (χ1) is 65.7. The van der Waals surface area contributed by atoms with Crippen molar-refractivity contribution in [2.45, 2.75) is 472 Å². The number of ether oxygens (including phenoxy) is 18. The minimum atomic E-state index is -2.46. The maximum Gasteiger partial charge on any atom is 1.00 e. The molecule has 22 heterocycles. The van der Waals surface area contributed by atoms with Gasteiger partial charge in [-0.15, -0.1) is 0 Å². The largest absolute Gasteiger partial charge is 1.00 e. The van der Waals surface area contributed by atoms with Crippen LogP contribution in [0.5, 0.6) is 0 Å². The van der Waals surface area contributed by atoms with Crippen molar-refractivity contribution in [2.75, 3.05) is 27.3 Å². The number of amides is 4. The fourth-order valence-electron chi connectivity index (χ4n) is 27.2. The zero-order valence-electron chi connectivity index (χ0n) is 86.2. The second-order valence-corrected chi connectivity index (χ2v) is 57.3. The van der Waals surface area contributed by atoms with E-state index in [1.807, 2.05) is 0 Å². The van der Waals surface area contributed by atoms with E-state index in [2.05, 4.69) is 108 Å². The number of fused-ring (bicyclic) bond motifs is 14. The van der Waals surface area contributed by atoms with Crippen LogP contribution in [0.3, 0.4) is 0 Å². The molecule has 32 heteroatoms. The molecule has 20 saturated heterocycles. The average molecular weight is 1990 g/mol. The summed E-state index contributed by atoms with van der Waals surface area (Å²) < 4.78 is 138. The van der Waals surface area contributed by atoms with Crippen LogP contribution in [0.1, 0.15) is 265 Å². The van der Waals surface area contributed by atoms with E-state index in [9.17, 15) is 29.1 Å². The van der Waals surface area contributed by atoms with Gasteiger partial charge in [0.15, 0.2) is 28.2 Å². The molecule has 11 unspecified atom stereocenters. The topological polar surface area (TPSA) is 297 Å². The number of imide groups is 2. The second-order valence-electron chi connectivity index (χ2n) is 47.8. The predicted octanol–water partition coefficient (Wildman–Crippen LogP) is 12.1. The molecule has 22 aliphatic rings. The molecule has 2 aromatic carbocycles. The molecule has 0 aromatic heterocycles. The predicted molar refractivity (Wildman–Crippen MR) is 518 cm³/mol. The number of benzene rings is 2. The molecule has 1 N–H and O–H groups in total. The summed E-state index contributed by atoms with van der Waals surface area (Å²) in [5.41, 5.74) is 5.95. The van der Waals surface area contributed by atoms with Crippen LogP contribution in [0.25, 0.3) is 0 Å². The number of carbonyl (C=O) groups excluding carboxylic acids is 5. The van der Waals surface area contributed by atoms with Gasteiger partial charge in [-0.1, -0.05) is 106 Å². The third-order valence-corrected chi connectivity index (χ3v) is 45.7. The van der Waals surface area contributed by atoms with Crippen LogP contribution in [-0.2, 0) is 98.9 Å². The van der Waals surface area contributed by atoms with E-state index >= 15 is 0 Å². The second kappa shape index (κ2) is 40.7. The number of nitrogens with zero attached hydrogens (tertiary/aromatic N) is 2. The summed E-state index contributed by atoms with van der Waals surface area (Å²) >= 11 is 0. The van der Waals surface area contributed by atoms with Gasteiger partial charge in [0.05, 0.1) is 176 Å². The Morgan fingerprint density at radius 2 is 0.779 bits per heavy atom. The van der Waals surface area contributed by atoms with E-state index in [4.69, 9.17) is 94.1 Å². The molecule has 24 bridgehead atoms. The van der Waals surface area contributed by atoms with E-state index in [0.29, 0.717) is 92.9 Å². The van der Waals surface area contributed by atoms with Gasteiger partial charge in [0.25, 0.3) is 23.6 Å². The van der Waals surface area contributed by atoms with Crippen LogP contribution in [0, 0.1) is 23.7 Å². The third kappa shape index (κ3) is 20.0. The molecule has 2 aromatic rings. The Morgan fingerprint density at radius 1 is 0.414 bits per heavy atom. The smallest absolute Gasteiger partial charge is 1.00 e. The average Bonchev–Trinajstić information content (AvgIpc) is 1.55. The number of Topliss-reactive ketones (excluding diaryl/α,β-unsaturated/α-hetero) is 1. The summed E-state index contributed by atoms with van der Waals surface area (Å²) in [6.07, 6.45) is 7.81. The number of methoxy groups -OCH3 is 2. The Bertz CT molecular complexity index is 4890. The van der Waals surface area contributed by atoms with Gasteiger partial charge < -0.3 is 101 Å². The quantitative estimate of drug-likeness (QED) is 0.104. The Labute approximate surface area is 854 Å². The molecule has 0 aliphatic carbocycles. The van der Waals surface area contributed by atoms with Gasteiger partial charge in [-0.2, -0.15) is 0 Å². The number of ketones is 1. The first-order valence-electron chi connectivity index (χ1n) is 52.6. The van der Waals surface area contributed by atoms with Crippen molar-refractivity contribution in [3.05, 3.63) is 119 Å². The molecule has 763 valence electrons. The van der Waals surface area contributed by atoms with E-state index < -0.39 is 83.1 Å². The number of hydrogen-bond donors (Lipinski definition) is 1. The zero-order chi connectivity index (χ0) is 96.6. The number of aliphatic hydroxyl groups is 1. The molecule has 140 heavy (non-hydrogen) atoms. The Morgan fingerprint density at radius 3 is 1.21 bits per heavy atom. The summed E-state index contributed by atoms with van der Waals surface area (Å²) in [5, 5.41) is 12.0. The van der Waals surface area contributed by atoms with Gasteiger partial charge in [-0.3, -0.25) is 33.8 Å². The van der Waals surface area contributed by atoms with Gasteiger partial charge in [-0.05, 0) is 197 Å². The normalized spacial score (nSPS) is 43.7. The molecule has 2 spiro atoms. The summed E-state index contributed by atoms with van der Waals surface area (Å²) in [5.74, 6) is -2.92. The van der Waals surface area contributed by atoms with Crippen molar-refractivity contribution >= 4 is 54.5 Å². The van der Waals surface area contributed by atoms with Crippen LogP contribution >= 0.6 is 0 Å². The van der Waals surface area contributed by atoms with Crippen LogP contribution in [-0.4, -0.2) is 310 Å². The van der Waals surface area contributed by atoms with E-state index in [-0.39, 0.29) is 275 Å². The molecule has 0 saturated carbocycles. The minimum Gasteiger partial charge on any atom is -1.00 e. The van der Waals surface area contributed by atoms with Gasteiger partial charge in [0.1, 0.15) is 66.8 Å². The molecule has 3 radical (unpaired) electrons. The number of rotatable bonds is 14. The SMILES string of the molecule is C=C1C[C@@H]2CC[C@@]34C[C@@H]5O[C@H]6[C@@H](O3)[C@H]3OC(CC[C@@H]3O[C@H]6C5O4)CC(=O)C[C@H]3[C@H](CC4O[C@@H](CCC1O2)C[C@@H](C)C4=C)OC(C[C@@H](CN1C(=O)c2ccccc2C1=O)O[Si](C)(C)C(C)(C)C)[C@@H]3OC.C=C1C[C@@H]2CC[C@@]34C[C@@H]5O[C@H]6[C@@H](O3)[C@H]3OC(CC[C@@H]3O[C@H]6C5O4)CC(O)C[C@H]3[C@H](CC4O[C@@H](CCC1O2)C[C@@H](C)C4=C)OC(C[C@@H](CN1C(=O)c2ccccc2C1=O)O[Si](C)(C)C(C)(C)C)[C@@H]3OC.[B].[H-].[Na+]. The number of hydrogen-bond acceptors (Lipinski definition) is 26. The van der Waals surface area contributed by atoms with E-state index in [1.165, 1.54) is 9.80 Å². The first kappa shape index (κ1) is 105. The summed E-state index contributed by atoms with van der Waals surface area (Å²) in [7, 11) is -1.51. The van der Waals surface area contributed by atoms with Crippen molar-refractivity contribution in [1.82, 2.24) is 9.80 Å². The maximum absolute atomic E-state index is 14.7. The number of carbonyl (C=O) groups is 5. The monoisotopic (exact) mass is 1980 g/mol. The van der Waals surface area contributed by atoms with Crippen LogP contribution in [0.15, 0.2) is 97.1 Å². The first-order valence-corrected chi connectivity index (χ1v) is 58.4. The minimum absolute atomic E-state index is 0. The fraction of sp³-hybridized carbons (Fsp3) is 0.769. The summed E-state index contributed by atoms with van der Waals surface area (Å²) in [6, 6.07) is 14.0. The van der Waals surface area contributed by atoms with Crippen molar-refractivity contribution in [3.63, 3.8) is 0 Å². The molecular formula is C108H153BN2NaO26Si2. The molecule has 39 atom stereocenters. The van der Waals surface area contributed by atoms with Gasteiger partial charge in [0.2, 0.25) is 0 Å². The van der Waals surface area contributed by atoms with Gasteiger partial charge in [0, 0.05) is 98.7 Å². The third-order valence-electron chi connectivity index (χ3n) is 36.6. The van der Waals surface area contributed by atoms with Crippen molar-refractivity contribution in [2.24, 2.45) is 23.7 Å². The molecule has 24 rings (SSSR count). The van der Waals surface area contributed by atoms with Gasteiger partial charge in [-0.25, -0.2) is 0 Å². The van der Waals surface area contributed by atoms with Crippen molar-refractivity contribution < 1.29 is 154 Å². The van der Waals surface area contributed by atoms with Crippen LogP contribution in [0.4, 0.5) is 0 Å². The molecule has 28 nitrogen and oxygen atoms in total. The Balaban J connectivity index is 0.000000182. The van der Waals surface area contributed by atoms with Crippen molar-refractivity contribution in [3.8, 4) is 0 Å². The zero-order valence-corrected chi connectivity index (χ0v) is 89.2. The summed E-state index contributed by atoms with van der Waals surface area (Å²) in [6.45, 7) is 44.6. The van der Waals surface area contributed by atoms with E-state index in [0.717, 1.165) is 106 Å². The summed E-state index contributed by atoms with van der Waals surface area (Å²) in [4.78, 5) is 72.6. The molecule has 20 fully saturated rings. The molecular weight excluding hydrogens is 1830 g/mol. The standard InChI is InChI=1S/C54H77NO13Si.C54H75NO13Si.B.Na.H/c2*1-28-20-32-14-16-39-29(2)21-34(60-39)18-19-54-26-44-47(66-54)48-49(65-44)50(67-54)46-40(64-48)17-15-33(62-46)22-31(56)23-38-42(25-41(61-32)30(28)3)63-43(45(38)59-7)24-35(68-69(8,9)53(4,5)6)27-55-51(57)36-12-10-11-13-37(36)52(55)58;;;/h10-13,28,31-35,38-50,56H,2-3,14-27H2,1,4-9H3;10-13,28,32-35,38-50H,2-3,14-27H2,1,4-9H3;;;/q;;;+1;-1/t28-,31?,32+,33?,34+,35+,38+,39?,40+,41?,42+,43?,44+,45-,46+,47?,48+,49-,50+,54+;28-,32+,33?,34+,35+,38+,39?,40+,41?,42+,43?,44+,45-,46+,47?,48+,49-,50+,54+;;;/m11.../s1. The molecule has 4 amide bonds. The Kier molecular flexibility index (Phi) is 30.4. The maximum atomic E-state index is 14.7. The van der Waals surface area contributed by atoms with Crippen molar-refractivity contribution in [1.29, 1.82) is 0 Å².